The Morgan fingerprint density at radius 1 is 1.19 bits per heavy atom. The van der Waals surface area contributed by atoms with Crippen LogP contribution in [0.25, 0.3) is 0 Å². The largest absolute Gasteiger partial charge is 0.273 e. The molecule has 0 fully saturated rings. The summed E-state index contributed by atoms with van der Waals surface area (Å²) in [7, 11) is 0. The van der Waals surface area contributed by atoms with Crippen LogP contribution in [0.15, 0.2) is 29.4 Å². The third-order valence-electron chi connectivity index (χ3n) is 2.82. The Hall–Kier alpha value is -1.64. The van der Waals surface area contributed by atoms with Crippen LogP contribution in [0, 0.1) is 0 Å². The van der Waals surface area contributed by atoms with Crippen LogP contribution in [0.4, 0.5) is 0 Å². The summed E-state index contributed by atoms with van der Waals surface area (Å²) in [6, 6.07) is 8.40. The number of amides is 1. The molecule has 0 unspecified atom stereocenters. The number of hydrogen-bond donors (Lipinski definition) is 1. The molecule has 1 N–H and O–H groups in total. The summed E-state index contributed by atoms with van der Waals surface area (Å²) < 4.78 is 0. The quantitative estimate of drug-likeness (QED) is 0.810. The van der Waals surface area contributed by atoms with Crippen molar-refractivity contribution in [1.29, 1.82) is 0 Å². The van der Waals surface area contributed by atoms with Gasteiger partial charge in [0.15, 0.2) is 0 Å². The molecule has 0 atom stereocenters. The molecule has 1 aliphatic rings. The van der Waals surface area contributed by atoms with Crippen molar-refractivity contribution in [2.75, 3.05) is 0 Å². The van der Waals surface area contributed by atoms with E-state index in [0.717, 1.165) is 17.7 Å². The highest BCUT2D eigenvalue weighted by Gasteiger charge is 2.13. The van der Waals surface area contributed by atoms with Gasteiger partial charge in [0.1, 0.15) is 0 Å². The van der Waals surface area contributed by atoms with Crippen molar-refractivity contribution in [2.24, 2.45) is 5.10 Å². The maximum absolute atomic E-state index is 11.0. The van der Waals surface area contributed by atoms with Crippen molar-refractivity contribution >= 4 is 11.6 Å². The standard InChI is InChI=1S/C13H16N2O/c1-9(2)10-3-5-11(6-4-10)12-7-8-13(16)15-14-12/h3-6,9H,7-8H2,1-2H3,(H,15,16). The maximum atomic E-state index is 11.0. The van der Waals surface area contributed by atoms with Crippen LogP contribution >= 0.6 is 0 Å². The number of rotatable bonds is 2. The van der Waals surface area contributed by atoms with Crippen molar-refractivity contribution in [3.05, 3.63) is 35.4 Å². The highest BCUT2D eigenvalue weighted by molar-refractivity contribution is 6.04. The Morgan fingerprint density at radius 2 is 1.88 bits per heavy atom. The molecule has 3 heteroatoms. The number of carbonyl (C=O) groups excluding carboxylic acids is 1. The van der Waals surface area contributed by atoms with Crippen LogP contribution in [-0.2, 0) is 4.79 Å². The molecule has 0 saturated heterocycles. The molecular formula is C13H16N2O. The fraction of sp³-hybridized carbons (Fsp3) is 0.385. The smallest absolute Gasteiger partial charge is 0.240 e. The first-order chi connectivity index (χ1) is 7.66. The average Bonchev–Trinajstić information content (AvgIpc) is 2.30. The number of nitrogens with one attached hydrogen (secondary N) is 1. The molecule has 0 aromatic heterocycles. The molecular weight excluding hydrogens is 200 g/mol. The van der Waals surface area contributed by atoms with E-state index in [4.69, 9.17) is 0 Å². The molecule has 0 aliphatic carbocycles. The number of nitrogens with zero attached hydrogens (tertiary/aromatic N) is 1. The summed E-state index contributed by atoms with van der Waals surface area (Å²) in [4.78, 5) is 11.0. The topological polar surface area (TPSA) is 41.5 Å². The van der Waals surface area contributed by atoms with Gasteiger partial charge in [-0.1, -0.05) is 38.1 Å². The van der Waals surface area contributed by atoms with Gasteiger partial charge < -0.3 is 0 Å². The summed E-state index contributed by atoms with van der Waals surface area (Å²) in [6.07, 6.45) is 1.26. The van der Waals surface area contributed by atoms with Gasteiger partial charge in [0.25, 0.3) is 0 Å². The Morgan fingerprint density at radius 3 is 2.38 bits per heavy atom. The van der Waals surface area contributed by atoms with E-state index in [1.54, 1.807) is 0 Å². The van der Waals surface area contributed by atoms with E-state index in [1.807, 2.05) is 0 Å². The molecule has 1 aromatic rings. The van der Waals surface area contributed by atoms with Gasteiger partial charge in [0.2, 0.25) is 5.91 Å². The minimum Gasteiger partial charge on any atom is -0.273 e. The highest BCUT2D eigenvalue weighted by Crippen LogP contribution is 2.16. The monoisotopic (exact) mass is 216 g/mol. The van der Waals surface area contributed by atoms with Crippen molar-refractivity contribution in [3.63, 3.8) is 0 Å². The fourth-order valence-corrected chi connectivity index (χ4v) is 1.74. The lowest BCUT2D eigenvalue weighted by molar-refractivity contribution is -0.121. The summed E-state index contributed by atoms with van der Waals surface area (Å²) in [5.74, 6) is 0.546. The van der Waals surface area contributed by atoms with Gasteiger partial charge in [0.05, 0.1) is 5.71 Å². The van der Waals surface area contributed by atoms with Gasteiger partial charge in [-0.25, -0.2) is 5.43 Å². The maximum Gasteiger partial charge on any atom is 0.240 e. The Labute approximate surface area is 95.6 Å². The molecule has 3 nitrogen and oxygen atoms in total. The number of benzene rings is 1. The highest BCUT2D eigenvalue weighted by atomic mass is 16.2. The first kappa shape index (κ1) is 10.9. The molecule has 1 aromatic carbocycles. The van der Waals surface area contributed by atoms with Gasteiger partial charge >= 0.3 is 0 Å². The van der Waals surface area contributed by atoms with E-state index in [-0.39, 0.29) is 5.91 Å². The van der Waals surface area contributed by atoms with Gasteiger partial charge in [-0.2, -0.15) is 5.10 Å². The first-order valence-corrected chi connectivity index (χ1v) is 5.62. The van der Waals surface area contributed by atoms with Gasteiger partial charge in [-0.05, 0) is 17.0 Å². The van der Waals surface area contributed by atoms with Crippen LogP contribution in [0.2, 0.25) is 0 Å². The second kappa shape index (κ2) is 4.47. The second-order valence-corrected chi connectivity index (χ2v) is 4.37. The lowest BCUT2D eigenvalue weighted by atomic mass is 9.98. The minimum atomic E-state index is 0.00236. The molecule has 0 bridgehead atoms. The molecule has 0 saturated carbocycles. The number of hydrogen-bond acceptors (Lipinski definition) is 2. The van der Waals surface area contributed by atoms with Crippen molar-refractivity contribution in [1.82, 2.24) is 5.43 Å². The molecule has 1 aliphatic heterocycles. The number of hydrazone groups is 1. The lowest BCUT2D eigenvalue weighted by Crippen LogP contribution is -2.25. The van der Waals surface area contributed by atoms with Crippen LogP contribution in [0.1, 0.15) is 43.7 Å². The Kier molecular flexibility index (Phi) is 3.04. The zero-order valence-corrected chi connectivity index (χ0v) is 9.66. The molecule has 84 valence electrons. The molecule has 0 spiro atoms. The average molecular weight is 216 g/mol. The van der Waals surface area contributed by atoms with E-state index in [0.29, 0.717) is 12.3 Å². The molecule has 2 rings (SSSR count). The van der Waals surface area contributed by atoms with Crippen LogP contribution in [0.5, 0.6) is 0 Å². The predicted molar refractivity (Wildman–Crippen MR) is 64.4 cm³/mol. The Balaban J connectivity index is 2.19. The van der Waals surface area contributed by atoms with Crippen molar-refractivity contribution < 1.29 is 4.79 Å². The van der Waals surface area contributed by atoms with Crippen LogP contribution in [0.3, 0.4) is 0 Å². The van der Waals surface area contributed by atoms with E-state index in [2.05, 4.69) is 48.6 Å². The summed E-state index contributed by atoms with van der Waals surface area (Å²) >= 11 is 0. The van der Waals surface area contributed by atoms with Gasteiger partial charge in [-0.3, -0.25) is 4.79 Å². The summed E-state index contributed by atoms with van der Waals surface area (Å²) in [5, 5.41) is 4.07. The van der Waals surface area contributed by atoms with Gasteiger partial charge in [0, 0.05) is 12.8 Å². The second-order valence-electron chi connectivity index (χ2n) is 4.37. The SMILES string of the molecule is CC(C)c1ccc(C2=NNC(=O)CC2)cc1. The van der Waals surface area contributed by atoms with Crippen LogP contribution < -0.4 is 5.43 Å². The Bertz CT molecular complexity index is 418. The molecule has 16 heavy (non-hydrogen) atoms. The number of carbonyl (C=O) groups is 1. The first-order valence-electron chi connectivity index (χ1n) is 5.62. The fourth-order valence-electron chi connectivity index (χ4n) is 1.74. The van der Waals surface area contributed by atoms with E-state index in [9.17, 15) is 4.79 Å². The van der Waals surface area contributed by atoms with E-state index >= 15 is 0 Å². The van der Waals surface area contributed by atoms with Crippen molar-refractivity contribution in [3.8, 4) is 0 Å². The third-order valence-corrected chi connectivity index (χ3v) is 2.82. The van der Waals surface area contributed by atoms with Crippen molar-refractivity contribution in [2.45, 2.75) is 32.6 Å². The van der Waals surface area contributed by atoms with Crippen LogP contribution in [-0.4, -0.2) is 11.6 Å². The summed E-state index contributed by atoms with van der Waals surface area (Å²) in [5.41, 5.74) is 5.91. The van der Waals surface area contributed by atoms with E-state index < -0.39 is 0 Å². The predicted octanol–water partition coefficient (Wildman–Crippen LogP) is 2.42. The lowest BCUT2D eigenvalue weighted by Gasteiger charge is -2.13. The zero-order valence-electron chi connectivity index (χ0n) is 9.66. The van der Waals surface area contributed by atoms with Gasteiger partial charge in [-0.15, -0.1) is 0 Å². The minimum absolute atomic E-state index is 0.00236. The normalized spacial score (nSPS) is 15.9. The molecule has 1 amide bonds. The molecule has 0 radical (unpaired) electrons. The zero-order chi connectivity index (χ0) is 11.5. The summed E-state index contributed by atoms with van der Waals surface area (Å²) in [6.45, 7) is 4.35. The molecule has 1 heterocycles. The van der Waals surface area contributed by atoms with E-state index in [1.165, 1.54) is 5.56 Å². The third kappa shape index (κ3) is 2.30.